The fourth-order valence-corrected chi connectivity index (χ4v) is 5.33. The van der Waals surface area contributed by atoms with Gasteiger partial charge in [-0.05, 0) is 32.1 Å². The van der Waals surface area contributed by atoms with Crippen LogP contribution in [0.25, 0.3) is 0 Å². The Kier molecular flexibility index (Phi) is 2.72. The molecule has 3 rings (SSSR count). The Balaban J connectivity index is 2.02. The van der Waals surface area contributed by atoms with Gasteiger partial charge in [-0.1, -0.05) is 0 Å². The maximum absolute atomic E-state index is 12.7. The Morgan fingerprint density at radius 1 is 1.50 bits per heavy atom. The zero-order valence-electron chi connectivity index (χ0n) is 10.4. The maximum atomic E-state index is 12.7. The maximum Gasteiger partial charge on any atom is 0.247 e. The first-order chi connectivity index (χ1) is 8.54. The van der Waals surface area contributed by atoms with Gasteiger partial charge < -0.3 is 5.73 Å². The first-order valence-corrected chi connectivity index (χ1v) is 7.73. The topological polar surface area (TPSA) is 92.1 Å². The van der Waals surface area contributed by atoms with Gasteiger partial charge in [-0.15, -0.1) is 0 Å². The minimum absolute atomic E-state index is 0.140. The van der Waals surface area contributed by atoms with Crippen LogP contribution in [-0.2, 0) is 16.6 Å². The fourth-order valence-electron chi connectivity index (χ4n) is 3.24. The summed E-state index contributed by atoms with van der Waals surface area (Å²) in [4.78, 5) is 0.289. The number of hydrogen-bond acceptors (Lipinski definition) is 4. The van der Waals surface area contributed by atoms with E-state index in [-0.39, 0.29) is 17.5 Å². The second kappa shape index (κ2) is 4.04. The number of piperidine rings is 1. The SMILES string of the molecule is Cc1[nH]nc(CN)c1S(=O)(=O)N1CC2CCC1C2. The molecule has 2 heterocycles. The number of hydrogen-bond donors (Lipinski definition) is 2. The molecule has 2 bridgehead atoms. The molecule has 6 nitrogen and oxygen atoms in total. The van der Waals surface area contributed by atoms with Crippen molar-refractivity contribution in [2.45, 2.75) is 43.7 Å². The van der Waals surface area contributed by atoms with Crippen LogP contribution in [0, 0.1) is 12.8 Å². The van der Waals surface area contributed by atoms with Gasteiger partial charge >= 0.3 is 0 Å². The number of H-pyrrole nitrogens is 1. The molecule has 0 aromatic carbocycles. The van der Waals surface area contributed by atoms with Gasteiger partial charge in [0.05, 0.1) is 11.4 Å². The van der Waals surface area contributed by atoms with E-state index in [0.29, 0.717) is 23.9 Å². The average molecular weight is 270 g/mol. The van der Waals surface area contributed by atoms with Gasteiger partial charge in [0.25, 0.3) is 0 Å². The van der Waals surface area contributed by atoms with E-state index in [9.17, 15) is 8.42 Å². The summed E-state index contributed by atoms with van der Waals surface area (Å²) >= 11 is 0. The number of aromatic amines is 1. The quantitative estimate of drug-likeness (QED) is 0.829. The van der Waals surface area contributed by atoms with Crippen molar-refractivity contribution in [2.24, 2.45) is 11.7 Å². The lowest BCUT2D eigenvalue weighted by Crippen LogP contribution is -2.38. The summed E-state index contributed by atoms with van der Waals surface area (Å²) < 4.78 is 27.0. The van der Waals surface area contributed by atoms with Gasteiger partial charge in [0, 0.05) is 19.1 Å². The predicted octanol–water partition coefficient (Wildman–Crippen LogP) is 0.350. The van der Waals surface area contributed by atoms with E-state index >= 15 is 0 Å². The molecular formula is C11H18N4O2S. The Hall–Kier alpha value is -0.920. The lowest BCUT2D eigenvalue weighted by Gasteiger charge is -2.26. The van der Waals surface area contributed by atoms with Gasteiger partial charge in [0.15, 0.2) is 0 Å². The van der Waals surface area contributed by atoms with Crippen molar-refractivity contribution in [1.29, 1.82) is 0 Å². The molecule has 1 saturated heterocycles. The number of aromatic nitrogens is 2. The third kappa shape index (κ3) is 1.61. The molecule has 0 spiro atoms. The van der Waals surface area contributed by atoms with Crippen molar-refractivity contribution in [3.8, 4) is 0 Å². The van der Waals surface area contributed by atoms with Gasteiger partial charge in [0.2, 0.25) is 10.0 Å². The number of sulfonamides is 1. The zero-order chi connectivity index (χ0) is 12.9. The summed E-state index contributed by atoms with van der Waals surface area (Å²) in [6.45, 7) is 2.52. The highest BCUT2D eigenvalue weighted by molar-refractivity contribution is 7.89. The van der Waals surface area contributed by atoms with Crippen molar-refractivity contribution in [2.75, 3.05) is 6.54 Å². The van der Waals surface area contributed by atoms with Crippen molar-refractivity contribution in [1.82, 2.24) is 14.5 Å². The molecule has 100 valence electrons. The van der Waals surface area contributed by atoms with Crippen LogP contribution in [-0.4, -0.2) is 35.5 Å². The molecule has 7 heteroatoms. The minimum atomic E-state index is -3.44. The largest absolute Gasteiger partial charge is 0.325 e. The second-order valence-electron chi connectivity index (χ2n) is 5.24. The summed E-state index contributed by atoms with van der Waals surface area (Å²) in [5, 5.41) is 6.70. The van der Waals surface area contributed by atoms with Crippen molar-refractivity contribution in [3.05, 3.63) is 11.4 Å². The van der Waals surface area contributed by atoms with Gasteiger partial charge in [0.1, 0.15) is 4.90 Å². The summed E-state index contributed by atoms with van der Waals surface area (Å²) in [6.07, 6.45) is 3.15. The van der Waals surface area contributed by atoms with Gasteiger partial charge in [-0.25, -0.2) is 8.42 Å². The summed E-state index contributed by atoms with van der Waals surface area (Å²) in [7, 11) is -3.44. The molecule has 2 atom stereocenters. The molecule has 2 fully saturated rings. The van der Waals surface area contributed by atoms with Crippen LogP contribution in [0.15, 0.2) is 4.90 Å². The van der Waals surface area contributed by atoms with E-state index in [2.05, 4.69) is 10.2 Å². The Morgan fingerprint density at radius 2 is 2.28 bits per heavy atom. The van der Waals surface area contributed by atoms with Gasteiger partial charge in [-0.3, -0.25) is 5.10 Å². The Morgan fingerprint density at radius 3 is 2.83 bits per heavy atom. The first-order valence-electron chi connectivity index (χ1n) is 6.29. The number of aryl methyl sites for hydroxylation is 1. The van der Waals surface area contributed by atoms with E-state index in [1.807, 2.05) is 0 Å². The van der Waals surface area contributed by atoms with E-state index < -0.39 is 10.0 Å². The van der Waals surface area contributed by atoms with Gasteiger partial charge in [-0.2, -0.15) is 9.40 Å². The Bertz CT molecular complexity index is 566. The highest BCUT2D eigenvalue weighted by Gasteiger charge is 2.45. The smallest absolute Gasteiger partial charge is 0.247 e. The number of rotatable bonds is 3. The molecule has 1 saturated carbocycles. The number of nitrogens with zero attached hydrogens (tertiary/aromatic N) is 2. The van der Waals surface area contributed by atoms with Crippen LogP contribution < -0.4 is 5.73 Å². The normalized spacial score (nSPS) is 28.1. The van der Waals surface area contributed by atoms with Crippen molar-refractivity contribution < 1.29 is 8.42 Å². The predicted molar refractivity (Wildman–Crippen MR) is 66.2 cm³/mol. The van der Waals surface area contributed by atoms with Crippen LogP contribution >= 0.6 is 0 Å². The van der Waals surface area contributed by atoms with Crippen molar-refractivity contribution in [3.63, 3.8) is 0 Å². The number of nitrogens with two attached hydrogens (primary N) is 1. The first kappa shape index (κ1) is 12.1. The molecular weight excluding hydrogens is 252 g/mol. The highest BCUT2D eigenvalue weighted by Crippen LogP contribution is 2.41. The molecule has 2 aliphatic rings. The van der Waals surface area contributed by atoms with Crippen LogP contribution in [0.3, 0.4) is 0 Å². The molecule has 2 unspecified atom stereocenters. The molecule has 1 aromatic heterocycles. The average Bonchev–Trinajstić information content (AvgIpc) is 3.02. The molecule has 1 aliphatic carbocycles. The minimum Gasteiger partial charge on any atom is -0.325 e. The lowest BCUT2D eigenvalue weighted by atomic mass is 10.1. The Labute approximate surface area is 107 Å². The summed E-state index contributed by atoms with van der Waals surface area (Å²) in [5.74, 6) is 0.540. The van der Waals surface area contributed by atoms with E-state index in [1.54, 1.807) is 11.2 Å². The molecule has 0 amide bonds. The number of nitrogens with one attached hydrogen (secondary N) is 1. The van der Waals surface area contributed by atoms with Crippen LogP contribution in [0.5, 0.6) is 0 Å². The highest BCUT2D eigenvalue weighted by atomic mass is 32.2. The lowest BCUT2D eigenvalue weighted by molar-refractivity contribution is 0.333. The van der Waals surface area contributed by atoms with Crippen molar-refractivity contribution >= 4 is 10.0 Å². The summed E-state index contributed by atoms with van der Waals surface area (Å²) in [5.41, 5.74) is 6.59. The van der Waals surface area contributed by atoms with Crippen LogP contribution in [0.4, 0.5) is 0 Å². The second-order valence-corrected chi connectivity index (χ2v) is 7.06. The summed E-state index contributed by atoms with van der Waals surface area (Å²) in [6, 6.07) is 0.180. The van der Waals surface area contributed by atoms with Crippen LogP contribution in [0.2, 0.25) is 0 Å². The van der Waals surface area contributed by atoms with E-state index in [0.717, 1.165) is 19.3 Å². The zero-order valence-corrected chi connectivity index (χ0v) is 11.2. The molecule has 1 aliphatic heterocycles. The van der Waals surface area contributed by atoms with E-state index in [4.69, 9.17) is 5.73 Å². The molecule has 3 N–H and O–H groups in total. The third-order valence-corrected chi connectivity index (χ3v) is 6.20. The van der Waals surface area contributed by atoms with E-state index in [1.165, 1.54) is 0 Å². The molecule has 1 aromatic rings. The monoisotopic (exact) mass is 270 g/mol. The van der Waals surface area contributed by atoms with Crippen LogP contribution in [0.1, 0.15) is 30.7 Å². The fraction of sp³-hybridized carbons (Fsp3) is 0.727. The molecule has 0 radical (unpaired) electrons. The third-order valence-electron chi connectivity index (χ3n) is 4.08. The standard InChI is InChI=1S/C11H18N4O2S/c1-7-11(10(5-12)14-13-7)18(16,17)15-6-8-2-3-9(15)4-8/h8-9H,2-6,12H2,1H3,(H,13,14). The number of fused-ring (bicyclic) bond motifs is 2. The molecule has 18 heavy (non-hydrogen) atoms.